The van der Waals surface area contributed by atoms with Crippen molar-refractivity contribution in [3.8, 4) is 0 Å². The van der Waals surface area contributed by atoms with Gasteiger partial charge in [-0.3, -0.25) is 14.4 Å². The first-order valence-corrected chi connectivity index (χ1v) is 9.85. The number of rotatable bonds is 6. The Labute approximate surface area is 173 Å². The molecule has 3 N–H and O–H groups in total. The van der Waals surface area contributed by atoms with Crippen LogP contribution in [0.4, 0.5) is 4.79 Å². The topological polar surface area (TPSA) is 134 Å². The SMILES string of the molecule is O=C(CN1CCCC[C@H](NC(=O)OCc2ccccc2)C1=O)N[C@H]1CC(=O)OC1O. The number of cyclic esters (lactones) is 1. The Morgan fingerprint density at radius 2 is 1.93 bits per heavy atom. The molecule has 2 heterocycles. The minimum Gasteiger partial charge on any atom is -0.445 e. The summed E-state index contributed by atoms with van der Waals surface area (Å²) in [4.78, 5) is 49.7. The van der Waals surface area contributed by atoms with Gasteiger partial charge in [0.1, 0.15) is 18.7 Å². The molecule has 2 fully saturated rings. The average Bonchev–Trinajstić information content (AvgIpc) is 2.94. The van der Waals surface area contributed by atoms with E-state index in [4.69, 9.17) is 4.74 Å². The van der Waals surface area contributed by atoms with Gasteiger partial charge >= 0.3 is 12.1 Å². The van der Waals surface area contributed by atoms with Crippen molar-refractivity contribution in [3.63, 3.8) is 0 Å². The molecular formula is C20H25N3O7. The number of nitrogens with zero attached hydrogens (tertiary/aromatic N) is 1. The summed E-state index contributed by atoms with van der Waals surface area (Å²) in [5, 5.41) is 14.7. The van der Waals surface area contributed by atoms with Gasteiger partial charge in [0.05, 0.1) is 13.0 Å². The van der Waals surface area contributed by atoms with Gasteiger partial charge in [-0.2, -0.15) is 0 Å². The molecule has 2 aliphatic rings. The molecule has 162 valence electrons. The Morgan fingerprint density at radius 3 is 2.63 bits per heavy atom. The van der Waals surface area contributed by atoms with Crippen LogP contribution in [-0.2, 0) is 30.5 Å². The van der Waals surface area contributed by atoms with E-state index in [9.17, 15) is 24.3 Å². The maximum atomic E-state index is 12.8. The number of alkyl carbamates (subject to hydrolysis) is 1. The molecule has 0 saturated carbocycles. The summed E-state index contributed by atoms with van der Waals surface area (Å²) in [6.45, 7) is 0.212. The molecule has 10 nitrogen and oxygen atoms in total. The highest BCUT2D eigenvalue weighted by Crippen LogP contribution is 2.15. The van der Waals surface area contributed by atoms with Crippen molar-refractivity contribution in [2.24, 2.45) is 0 Å². The fourth-order valence-corrected chi connectivity index (χ4v) is 3.40. The number of nitrogens with one attached hydrogen (secondary N) is 2. The molecule has 1 aromatic rings. The predicted octanol–water partition coefficient (Wildman–Crippen LogP) is 0.0440. The standard InChI is InChI=1S/C20H25N3O7/c24-16(21-15-10-17(25)30-19(15)27)11-23-9-5-4-8-14(18(23)26)22-20(28)29-12-13-6-2-1-3-7-13/h1-3,6-7,14-15,19,27H,4-5,8-12H2,(H,21,24)(H,22,28)/t14-,15-,19?/m0/s1. The number of esters is 1. The Kier molecular flexibility index (Phi) is 7.23. The first kappa shape index (κ1) is 21.6. The zero-order valence-corrected chi connectivity index (χ0v) is 16.4. The van der Waals surface area contributed by atoms with Gasteiger partial charge in [0.15, 0.2) is 0 Å². The summed E-state index contributed by atoms with van der Waals surface area (Å²) in [7, 11) is 0. The molecule has 30 heavy (non-hydrogen) atoms. The van der Waals surface area contributed by atoms with Crippen LogP contribution in [0.3, 0.4) is 0 Å². The van der Waals surface area contributed by atoms with Crippen LogP contribution in [0.1, 0.15) is 31.2 Å². The lowest BCUT2D eigenvalue weighted by atomic mass is 10.1. The maximum absolute atomic E-state index is 12.8. The predicted molar refractivity (Wildman–Crippen MR) is 103 cm³/mol. The number of aliphatic hydroxyl groups is 1. The van der Waals surface area contributed by atoms with Crippen LogP contribution in [0.15, 0.2) is 30.3 Å². The van der Waals surface area contributed by atoms with Crippen molar-refractivity contribution in [1.29, 1.82) is 0 Å². The van der Waals surface area contributed by atoms with Gasteiger partial charge in [-0.15, -0.1) is 0 Å². The number of carbonyl (C=O) groups excluding carboxylic acids is 4. The van der Waals surface area contributed by atoms with E-state index in [1.54, 1.807) is 0 Å². The van der Waals surface area contributed by atoms with Crippen molar-refractivity contribution >= 4 is 23.9 Å². The normalized spacial score (nSPS) is 24.0. The molecule has 1 unspecified atom stereocenters. The van der Waals surface area contributed by atoms with Crippen molar-refractivity contribution in [1.82, 2.24) is 15.5 Å². The van der Waals surface area contributed by atoms with Gasteiger partial charge in [0.2, 0.25) is 18.1 Å². The molecule has 3 atom stereocenters. The molecule has 0 aliphatic carbocycles. The number of likely N-dealkylation sites (tertiary alicyclic amines) is 1. The highest BCUT2D eigenvalue weighted by molar-refractivity contribution is 5.90. The molecule has 0 bridgehead atoms. The van der Waals surface area contributed by atoms with Gasteiger partial charge in [0.25, 0.3) is 0 Å². The lowest BCUT2D eigenvalue weighted by Crippen LogP contribution is -2.51. The molecule has 3 amide bonds. The lowest BCUT2D eigenvalue weighted by molar-refractivity contribution is -0.155. The molecular weight excluding hydrogens is 394 g/mol. The molecule has 3 rings (SSSR count). The summed E-state index contributed by atoms with van der Waals surface area (Å²) in [6, 6.07) is 7.55. The van der Waals surface area contributed by atoms with Gasteiger partial charge in [-0.05, 0) is 24.8 Å². The van der Waals surface area contributed by atoms with Crippen LogP contribution in [0.5, 0.6) is 0 Å². The number of benzene rings is 1. The smallest absolute Gasteiger partial charge is 0.408 e. The third-order valence-electron chi connectivity index (χ3n) is 4.95. The molecule has 2 saturated heterocycles. The number of hydrogen-bond acceptors (Lipinski definition) is 7. The second-order valence-electron chi connectivity index (χ2n) is 7.27. The van der Waals surface area contributed by atoms with E-state index in [1.165, 1.54) is 4.90 Å². The van der Waals surface area contributed by atoms with E-state index in [-0.39, 0.29) is 25.5 Å². The third-order valence-corrected chi connectivity index (χ3v) is 4.95. The van der Waals surface area contributed by atoms with Gasteiger partial charge in [0, 0.05) is 6.54 Å². The molecule has 0 spiro atoms. The van der Waals surface area contributed by atoms with Crippen LogP contribution in [0.25, 0.3) is 0 Å². The lowest BCUT2D eigenvalue weighted by Gasteiger charge is -2.25. The third kappa shape index (κ3) is 5.93. The van der Waals surface area contributed by atoms with Gasteiger partial charge in [-0.25, -0.2) is 4.79 Å². The summed E-state index contributed by atoms with van der Waals surface area (Å²) >= 11 is 0. The Balaban J connectivity index is 1.50. The van der Waals surface area contributed by atoms with Crippen molar-refractivity contribution in [2.75, 3.05) is 13.1 Å². The van der Waals surface area contributed by atoms with Crippen LogP contribution < -0.4 is 10.6 Å². The molecule has 1 aromatic carbocycles. The highest BCUT2D eigenvalue weighted by Gasteiger charge is 2.35. The summed E-state index contributed by atoms with van der Waals surface area (Å²) in [5.74, 6) is -1.49. The van der Waals surface area contributed by atoms with Crippen LogP contribution in [0, 0.1) is 0 Å². The molecule has 2 aliphatic heterocycles. The highest BCUT2D eigenvalue weighted by atomic mass is 16.6. The minimum absolute atomic E-state index is 0.0875. The number of ether oxygens (including phenoxy) is 2. The average molecular weight is 419 g/mol. The maximum Gasteiger partial charge on any atom is 0.408 e. The largest absolute Gasteiger partial charge is 0.445 e. The zero-order valence-electron chi connectivity index (χ0n) is 16.4. The van der Waals surface area contributed by atoms with Crippen LogP contribution in [0.2, 0.25) is 0 Å². The van der Waals surface area contributed by atoms with Crippen LogP contribution >= 0.6 is 0 Å². The van der Waals surface area contributed by atoms with E-state index < -0.39 is 36.3 Å². The number of aliphatic hydroxyl groups excluding tert-OH is 1. The Hall–Kier alpha value is -3.14. The van der Waals surface area contributed by atoms with Crippen molar-refractivity contribution in [3.05, 3.63) is 35.9 Å². The van der Waals surface area contributed by atoms with Crippen molar-refractivity contribution in [2.45, 2.75) is 50.7 Å². The van der Waals surface area contributed by atoms with Crippen LogP contribution in [-0.4, -0.2) is 65.3 Å². The Bertz CT molecular complexity index is 786. The first-order valence-electron chi connectivity index (χ1n) is 9.85. The molecule has 0 aromatic heterocycles. The summed E-state index contributed by atoms with van der Waals surface area (Å²) < 4.78 is 9.75. The molecule has 0 radical (unpaired) electrons. The molecule has 10 heteroatoms. The van der Waals surface area contributed by atoms with E-state index in [0.29, 0.717) is 25.8 Å². The zero-order chi connectivity index (χ0) is 21.5. The van der Waals surface area contributed by atoms with Crippen molar-refractivity contribution < 1.29 is 33.8 Å². The minimum atomic E-state index is -1.39. The van der Waals surface area contributed by atoms with E-state index in [0.717, 1.165) is 5.56 Å². The summed E-state index contributed by atoms with van der Waals surface area (Å²) in [6.07, 6.45) is -0.385. The van der Waals surface area contributed by atoms with E-state index >= 15 is 0 Å². The number of hydrogen-bond donors (Lipinski definition) is 3. The monoisotopic (exact) mass is 419 g/mol. The first-order chi connectivity index (χ1) is 14.4. The number of amides is 3. The quantitative estimate of drug-likeness (QED) is 0.555. The fourth-order valence-electron chi connectivity index (χ4n) is 3.40. The van der Waals surface area contributed by atoms with E-state index in [2.05, 4.69) is 15.4 Å². The fraction of sp³-hybridized carbons (Fsp3) is 0.500. The van der Waals surface area contributed by atoms with E-state index in [1.807, 2.05) is 30.3 Å². The second-order valence-corrected chi connectivity index (χ2v) is 7.27. The Morgan fingerprint density at radius 1 is 1.17 bits per heavy atom. The number of carbonyl (C=O) groups is 4. The van der Waals surface area contributed by atoms with Gasteiger partial charge < -0.3 is 30.1 Å². The van der Waals surface area contributed by atoms with Gasteiger partial charge in [-0.1, -0.05) is 30.3 Å². The second kappa shape index (κ2) is 10.1. The summed E-state index contributed by atoms with van der Waals surface area (Å²) in [5.41, 5.74) is 0.828.